The molecule has 7 heteroatoms. The lowest BCUT2D eigenvalue weighted by molar-refractivity contribution is -0.137. The van der Waals surface area contributed by atoms with E-state index in [0.29, 0.717) is 16.8 Å². The van der Waals surface area contributed by atoms with Crippen LogP contribution in [-0.2, 0) is 6.18 Å². The molecule has 0 spiro atoms. The summed E-state index contributed by atoms with van der Waals surface area (Å²) in [5.41, 5.74) is -0.309. The van der Waals surface area contributed by atoms with Gasteiger partial charge in [0.1, 0.15) is 0 Å². The fourth-order valence-electron chi connectivity index (χ4n) is 1.99. The number of anilines is 1. The van der Waals surface area contributed by atoms with Crippen molar-refractivity contribution in [2.24, 2.45) is 10.9 Å². The zero-order valence-corrected chi connectivity index (χ0v) is 13.2. The Bertz CT molecular complexity index is 544. The summed E-state index contributed by atoms with van der Waals surface area (Å²) in [7, 11) is 0. The van der Waals surface area contributed by atoms with Crippen molar-refractivity contribution in [2.45, 2.75) is 32.5 Å². The second kappa shape index (κ2) is 6.48. The number of hydrogen-bond donors (Lipinski definition) is 1. The first kappa shape index (κ1) is 16.5. The molecule has 0 radical (unpaired) electrons. The highest BCUT2D eigenvalue weighted by molar-refractivity contribution is 8.14. The number of amidine groups is 1. The molecule has 116 valence electrons. The molecule has 0 saturated heterocycles. The second-order valence-electron chi connectivity index (χ2n) is 5.20. The molecular weight excluding hydrogens is 321 g/mol. The molecule has 1 heterocycles. The molecule has 1 aromatic carbocycles. The highest BCUT2D eigenvalue weighted by Crippen LogP contribution is 2.34. The van der Waals surface area contributed by atoms with Crippen molar-refractivity contribution in [2.75, 3.05) is 11.1 Å². The van der Waals surface area contributed by atoms with Gasteiger partial charge in [0.25, 0.3) is 0 Å². The lowest BCUT2D eigenvalue weighted by Gasteiger charge is -2.23. The SMILES string of the molecule is CC(C)C1CCSC(Nc2ccc(C(F)(F)F)cc2Cl)=N1. The van der Waals surface area contributed by atoms with Crippen molar-refractivity contribution < 1.29 is 13.2 Å². The molecule has 1 aliphatic heterocycles. The van der Waals surface area contributed by atoms with E-state index in [4.69, 9.17) is 11.6 Å². The van der Waals surface area contributed by atoms with Crippen LogP contribution >= 0.6 is 23.4 Å². The maximum Gasteiger partial charge on any atom is 0.416 e. The van der Waals surface area contributed by atoms with Crippen LogP contribution in [0.3, 0.4) is 0 Å². The summed E-state index contributed by atoms with van der Waals surface area (Å²) in [4.78, 5) is 4.58. The van der Waals surface area contributed by atoms with Gasteiger partial charge in [-0.05, 0) is 30.5 Å². The largest absolute Gasteiger partial charge is 0.416 e. The molecule has 1 atom stereocenters. The van der Waals surface area contributed by atoms with Crippen molar-refractivity contribution in [3.63, 3.8) is 0 Å². The Kier molecular flexibility index (Phi) is 5.09. The number of nitrogens with one attached hydrogen (secondary N) is 1. The summed E-state index contributed by atoms with van der Waals surface area (Å²) in [6.07, 6.45) is -3.38. The molecule has 2 nitrogen and oxygen atoms in total. The van der Waals surface area contributed by atoms with Gasteiger partial charge < -0.3 is 5.32 Å². The summed E-state index contributed by atoms with van der Waals surface area (Å²) >= 11 is 7.48. The van der Waals surface area contributed by atoms with Gasteiger partial charge in [-0.2, -0.15) is 13.2 Å². The molecule has 0 fully saturated rings. The molecule has 1 aromatic rings. The number of halogens is 4. The first-order chi connectivity index (χ1) is 9.77. The number of nitrogens with zero attached hydrogens (tertiary/aromatic N) is 1. The molecule has 0 amide bonds. The molecule has 1 unspecified atom stereocenters. The molecule has 1 aliphatic rings. The number of alkyl halides is 3. The van der Waals surface area contributed by atoms with E-state index in [1.807, 2.05) is 0 Å². The Labute approximate surface area is 131 Å². The Morgan fingerprint density at radius 1 is 1.38 bits per heavy atom. The lowest BCUT2D eigenvalue weighted by atomic mass is 10.0. The van der Waals surface area contributed by atoms with E-state index >= 15 is 0 Å². The summed E-state index contributed by atoms with van der Waals surface area (Å²) in [5, 5.41) is 3.78. The Balaban J connectivity index is 2.17. The highest BCUT2D eigenvalue weighted by atomic mass is 35.5. The van der Waals surface area contributed by atoms with E-state index in [9.17, 15) is 13.2 Å². The minimum Gasteiger partial charge on any atom is -0.334 e. The van der Waals surface area contributed by atoms with Gasteiger partial charge in [-0.3, -0.25) is 4.99 Å². The third-order valence-electron chi connectivity index (χ3n) is 3.24. The van der Waals surface area contributed by atoms with Gasteiger partial charge in [0.15, 0.2) is 5.17 Å². The zero-order valence-electron chi connectivity index (χ0n) is 11.7. The van der Waals surface area contributed by atoms with Crippen LogP contribution in [0.25, 0.3) is 0 Å². The zero-order chi connectivity index (χ0) is 15.6. The number of benzene rings is 1. The van der Waals surface area contributed by atoms with Crippen molar-refractivity contribution in [3.8, 4) is 0 Å². The number of hydrogen-bond acceptors (Lipinski definition) is 3. The molecule has 0 saturated carbocycles. The first-order valence-electron chi connectivity index (χ1n) is 6.61. The van der Waals surface area contributed by atoms with Gasteiger partial charge in [0.2, 0.25) is 0 Å². The predicted octanol–water partition coefficient (Wildman–Crippen LogP) is 5.29. The maximum atomic E-state index is 12.6. The van der Waals surface area contributed by atoms with Crippen LogP contribution in [0.1, 0.15) is 25.8 Å². The molecule has 0 aromatic heterocycles. The van der Waals surface area contributed by atoms with Crippen LogP contribution in [0.15, 0.2) is 23.2 Å². The average Bonchev–Trinajstić information content (AvgIpc) is 2.40. The smallest absolute Gasteiger partial charge is 0.334 e. The van der Waals surface area contributed by atoms with Gasteiger partial charge in [-0.25, -0.2) is 0 Å². The van der Waals surface area contributed by atoms with Crippen molar-refractivity contribution in [1.82, 2.24) is 0 Å². The second-order valence-corrected chi connectivity index (χ2v) is 6.69. The Morgan fingerprint density at radius 2 is 2.10 bits per heavy atom. The highest BCUT2D eigenvalue weighted by Gasteiger charge is 2.31. The van der Waals surface area contributed by atoms with Crippen LogP contribution in [0.5, 0.6) is 0 Å². The third-order valence-corrected chi connectivity index (χ3v) is 4.48. The third kappa shape index (κ3) is 4.30. The summed E-state index contributed by atoms with van der Waals surface area (Å²) < 4.78 is 37.8. The molecular formula is C14H16ClF3N2S. The molecule has 1 N–H and O–H groups in total. The fraction of sp³-hybridized carbons (Fsp3) is 0.500. The van der Waals surface area contributed by atoms with Crippen LogP contribution in [0.4, 0.5) is 18.9 Å². The summed E-state index contributed by atoms with van der Waals surface area (Å²) in [5.74, 6) is 1.37. The fourth-order valence-corrected chi connectivity index (χ4v) is 3.16. The maximum absolute atomic E-state index is 12.6. The van der Waals surface area contributed by atoms with E-state index in [1.54, 1.807) is 11.8 Å². The molecule has 2 rings (SSSR count). The van der Waals surface area contributed by atoms with E-state index in [1.165, 1.54) is 6.07 Å². The standard InChI is InChI=1S/C14H16ClF3N2S/c1-8(2)11-5-6-21-13(19-11)20-12-4-3-9(7-10(12)15)14(16,17)18/h3-4,7-8,11H,5-6H2,1-2H3,(H,19,20). The predicted molar refractivity (Wildman–Crippen MR) is 83.2 cm³/mol. The minimum atomic E-state index is -4.39. The number of aliphatic imine (C=N–C) groups is 1. The lowest BCUT2D eigenvalue weighted by Crippen LogP contribution is -2.24. The van der Waals surface area contributed by atoms with E-state index in [0.717, 1.165) is 24.3 Å². The van der Waals surface area contributed by atoms with Gasteiger partial charge in [-0.15, -0.1) is 0 Å². The van der Waals surface area contributed by atoms with E-state index in [-0.39, 0.29) is 11.1 Å². The van der Waals surface area contributed by atoms with Crippen LogP contribution < -0.4 is 5.32 Å². The van der Waals surface area contributed by atoms with Gasteiger partial charge >= 0.3 is 6.18 Å². The van der Waals surface area contributed by atoms with E-state index in [2.05, 4.69) is 24.2 Å². The molecule has 0 aliphatic carbocycles. The molecule has 0 bridgehead atoms. The summed E-state index contributed by atoms with van der Waals surface area (Å²) in [6.45, 7) is 4.21. The topological polar surface area (TPSA) is 24.4 Å². The minimum absolute atomic E-state index is 0.0415. The summed E-state index contributed by atoms with van der Waals surface area (Å²) in [6, 6.07) is 3.52. The monoisotopic (exact) mass is 336 g/mol. The number of rotatable bonds is 2. The van der Waals surface area contributed by atoms with Crippen molar-refractivity contribution in [1.29, 1.82) is 0 Å². The van der Waals surface area contributed by atoms with Crippen LogP contribution in [-0.4, -0.2) is 17.0 Å². The first-order valence-corrected chi connectivity index (χ1v) is 7.98. The quantitative estimate of drug-likeness (QED) is 0.793. The number of thioether (sulfide) groups is 1. The van der Waals surface area contributed by atoms with Crippen LogP contribution in [0.2, 0.25) is 5.02 Å². The van der Waals surface area contributed by atoms with Gasteiger partial charge in [-0.1, -0.05) is 37.2 Å². The van der Waals surface area contributed by atoms with Gasteiger partial charge in [0.05, 0.1) is 22.3 Å². The van der Waals surface area contributed by atoms with Crippen molar-refractivity contribution >= 4 is 34.2 Å². The Hall–Kier alpha value is -0.880. The van der Waals surface area contributed by atoms with Crippen molar-refractivity contribution in [3.05, 3.63) is 28.8 Å². The normalized spacial score (nSPS) is 19.6. The van der Waals surface area contributed by atoms with Crippen LogP contribution in [0, 0.1) is 5.92 Å². The average molecular weight is 337 g/mol. The van der Waals surface area contributed by atoms with E-state index < -0.39 is 11.7 Å². The molecule has 21 heavy (non-hydrogen) atoms. The van der Waals surface area contributed by atoms with Gasteiger partial charge in [0, 0.05) is 5.75 Å². The Morgan fingerprint density at radius 3 is 2.67 bits per heavy atom.